The first-order chi connectivity index (χ1) is 9.43. The van der Waals surface area contributed by atoms with E-state index in [0.29, 0.717) is 0 Å². The Bertz CT molecular complexity index is 866. The summed E-state index contributed by atoms with van der Waals surface area (Å²) < 4.78 is 2.15. The highest BCUT2D eigenvalue weighted by Gasteiger charge is 2.09. The van der Waals surface area contributed by atoms with E-state index in [1.54, 1.807) is 0 Å². The van der Waals surface area contributed by atoms with Gasteiger partial charge in [-0.15, -0.1) is 0 Å². The maximum absolute atomic E-state index is 4.29. The summed E-state index contributed by atoms with van der Waals surface area (Å²) in [5, 5.41) is 3.67. The monoisotopic (exact) mass is 244 g/mol. The largest absolute Gasteiger partial charge is 0.320 e. The predicted molar refractivity (Wildman–Crippen MR) is 78.9 cm³/mol. The van der Waals surface area contributed by atoms with Crippen molar-refractivity contribution in [3.8, 4) is 5.69 Å². The summed E-state index contributed by atoms with van der Waals surface area (Å²) in [4.78, 5) is 4.29. The van der Waals surface area contributed by atoms with Gasteiger partial charge in [0.15, 0.2) is 0 Å². The number of hydrogen-bond acceptors (Lipinski definition) is 1. The third kappa shape index (κ3) is 1.54. The number of pyridine rings is 1. The molecule has 0 N–H and O–H groups in total. The minimum Gasteiger partial charge on any atom is -0.320 e. The van der Waals surface area contributed by atoms with Gasteiger partial charge in [0.1, 0.15) is 0 Å². The third-order valence-corrected chi connectivity index (χ3v) is 3.49. The van der Waals surface area contributed by atoms with Crippen LogP contribution in [0.5, 0.6) is 0 Å². The van der Waals surface area contributed by atoms with Crippen molar-refractivity contribution in [2.75, 3.05) is 0 Å². The molecule has 3 aliphatic rings. The summed E-state index contributed by atoms with van der Waals surface area (Å²) in [6.45, 7) is 0. The Balaban J connectivity index is 2.33. The number of fused-ring (bicyclic) bond motifs is 2. The SMILES string of the molecule is C1=CC=c2c(cn3ccncc4cccc2c4-3)C=C1. The number of nitrogens with zero attached hydrogens (tertiary/aromatic N) is 2. The van der Waals surface area contributed by atoms with Crippen LogP contribution in [-0.2, 0) is 0 Å². The van der Waals surface area contributed by atoms with E-state index in [4.69, 9.17) is 0 Å². The van der Waals surface area contributed by atoms with Crippen LogP contribution in [0.3, 0.4) is 0 Å². The van der Waals surface area contributed by atoms with Gasteiger partial charge >= 0.3 is 0 Å². The molecular formula is C17H12N2. The van der Waals surface area contributed by atoms with Gasteiger partial charge in [-0.05, 0) is 10.8 Å². The van der Waals surface area contributed by atoms with Gasteiger partial charge in [0, 0.05) is 35.6 Å². The highest BCUT2D eigenvalue weighted by molar-refractivity contribution is 5.88. The lowest BCUT2D eigenvalue weighted by molar-refractivity contribution is 1.06. The van der Waals surface area contributed by atoms with Crippen molar-refractivity contribution in [2.45, 2.75) is 0 Å². The van der Waals surface area contributed by atoms with Crippen LogP contribution in [-0.4, -0.2) is 9.55 Å². The van der Waals surface area contributed by atoms with Gasteiger partial charge in [-0.3, -0.25) is 4.98 Å². The molecule has 0 unspecified atom stereocenters. The summed E-state index contributed by atoms with van der Waals surface area (Å²) in [5.41, 5.74) is 2.43. The summed E-state index contributed by atoms with van der Waals surface area (Å²) in [6.07, 6.45) is 18.4. The van der Waals surface area contributed by atoms with Crippen LogP contribution < -0.4 is 5.22 Å². The number of allylic oxidation sites excluding steroid dienone is 3. The molecule has 19 heavy (non-hydrogen) atoms. The fraction of sp³-hybridized carbons (Fsp3) is 0. The van der Waals surface area contributed by atoms with E-state index in [0.717, 1.165) is 5.39 Å². The summed E-state index contributed by atoms with van der Waals surface area (Å²) in [7, 11) is 0. The van der Waals surface area contributed by atoms with Crippen molar-refractivity contribution in [1.82, 2.24) is 9.55 Å². The minimum absolute atomic E-state index is 1.15. The molecule has 1 aliphatic carbocycles. The highest BCUT2D eigenvalue weighted by Crippen LogP contribution is 2.22. The predicted octanol–water partition coefficient (Wildman–Crippen LogP) is 3.11. The van der Waals surface area contributed by atoms with Gasteiger partial charge in [0.2, 0.25) is 0 Å². The fourth-order valence-corrected chi connectivity index (χ4v) is 2.66. The Labute approximate surface area is 111 Å². The molecule has 2 heteroatoms. The lowest BCUT2D eigenvalue weighted by Gasteiger charge is -2.14. The van der Waals surface area contributed by atoms with Crippen LogP contribution in [0.2, 0.25) is 0 Å². The Hall–Kier alpha value is -2.61. The summed E-state index contributed by atoms with van der Waals surface area (Å²) in [6, 6.07) is 6.36. The molecule has 90 valence electrons. The van der Waals surface area contributed by atoms with Crippen LogP contribution in [0.15, 0.2) is 61.2 Å². The first-order valence-electron chi connectivity index (χ1n) is 6.32. The number of aromatic nitrogens is 2. The van der Waals surface area contributed by atoms with Crippen molar-refractivity contribution in [3.05, 3.63) is 72.0 Å². The molecule has 2 nitrogen and oxygen atoms in total. The number of benzene rings is 1. The molecule has 0 atom stereocenters. The summed E-state index contributed by atoms with van der Waals surface area (Å²) >= 11 is 0. The molecule has 1 aromatic rings. The van der Waals surface area contributed by atoms with Crippen LogP contribution in [0.25, 0.3) is 28.6 Å². The molecule has 0 fully saturated rings. The van der Waals surface area contributed by atoms with Gasteiger partial charge < -0.3 is 4.57 Å². The zero-order chi connectivity index (χ0) is 12.7. The number of para-hydroxylation sites is 1. The van der Waals surface area contributed by atoms with Gasteiger partial charge in [0.25, 0.3) is 0 Å². The van der Waals surface area contributed by atoms with E-state index in [-0.39, 0.29) is 0 Å². The molecule has 0 bridgehead atoms. The van der Waals surface area contributed by atoms with Crippen LogP contribution in [0.4, 0.5) is 0 Å². The van der Waals surface area contributed by atoms with Crippen LogP contribution in [0, 0.1) is 0 Å². The van der Waals surface area contributed by atoms with Gasteiger partial charge in [0.05, 0.1) is 5.69 Å². The lowest BCUT2D eigenvalue weighted by Crippen LogP contribution is -2.13. The molecule has 0 saturated carbocycles. The molecular weight excluding hydrogens is 232 g/mol. The number of hydrogen-bond donors (Lipinski definition) is 0. The second kappa shape index (κ2) is 3.95. The molecule has 0 radical (unpaired) electrons. The van der Waals surface area contributed by atoms with E-state index < -0.39 is 0 Å². The molecule has 4 rings (SSSR count). The fourth-order valence-electron chi connectivity index (χ4n) is 2.66. The van der Waals surface area contributed by atoms with Crippen LogP contribution in [0.1, 0.15) is 5.56 Å². The first kappa shape index (κ1) is 10.3. The third-order valence-electron chi connectivity index (χ3n) is 3.49. The maximum atomic E-state index is 4.29. The average molecular weight is 244 g/mol. The average Bonchev–Trinajstić information content (AvgIpc) is 2.79. The van der Waals surface area contributed by atoms with Crippen molar-refractivity contribution in [2.24, 2.45) is 0 Å². The van der Waals surface area contributed by atoms with Crippen molar-refractivity contribution < 1.29 is 0 Å². The lowest BCUT2D eigenvalue weighted by atomic mass is 10.0. The Morgan fingerprint density at radius 1 is 1.05 bits per heavy atom. The van der Waals surface area contributed by atoms with Crippen molar-refractivity contribution in [1.29, 1.82) is 0 Å². The Morgan fingerprint density at radius 3 is 3.05 bits per heavy atom. The number of rotatable bonds is 0. The molecule has 0 saturated heterocycles. The molecule has 0 spiro atoms. The molecule has 2 aliphatic heterocycles. The molecule has 0 aromatic heterocycles. The molecule has 0 amide bonds. The highest BCUT2D eigenvalue weighted by atomic mass is 15.0. The van der Waals surface area contributed by atoms with E-state index in [9.17, 15) is 0 Å². The quantitative estimate of drug-likeness (QED) is 0.594. The standard InChI is InChI=1S/C17H12N2/c1-2-5-14-12-19-10-9-18-11-13-6-4-8-16(17(13)19)15(14)7-3-1/h1-12H. The zero-order valence-corrected chi connectivity index (χ0v) is 10.3. The zero-order valence-electron chi connectivity index (χ0n) is 10.3. The molecule has 2 heterocycles. The Morgan fingerprint density at radius 2 is 2.05 bits per heavy atom. The van der Waals surface area contributed by atoms with E-state index >= 15 is 0 Å². The van der Waals surface area contributed by atoms with Crippen LogP contribution >= 0.6 is 0 Å². The second-order valence-corrected chi connectivity index (χ2v) is 4.64. The second-order valence-electron chi connectivity index (χ2n) is 4.64. The topological polar surface area (TPSA) is 17.8 Å². The first-order valence-corrected chi connectivity index (χ1v) is 6.32. The molecule has 1 aromatic carbocycles. The summed E-state index contributed by atoms with van der Waals surface area (Å²) in [5.74, 6) is 0. The van der Waals surface area contributed by atoms with Gasteiger partial charge in [-0.25, -0.2) is 0 Å². The van der Waals surface area contributed by atoms with Crippen molar-refractivity contribution >= 4 is 22.9 Å². The van der Waals surface area contributed by atoms with E-state index in [1.165, 1.54) is 21.9 Å². The maximum Gasteiger partial charge on any atom is 0.0616 e. The normalized spacial score (nSPS) is 13.3. The van der Waals surface area contributed by atoms with Crippen molar-refractivity contribution in [3.63, 3.8) is 0 Å². The van der Waals surface area contributed by atoms with E-state index in [2.05, 4.69) is 64.3 Å². The Kier molecular flexibility index (Phi) is 2.15. The minimum atomic E-state index is 1.15. The van der Waals surface area contributed by atoms with Gasteiger partial charge in [-0.2, -0.15) is 0 Å². The van der Waals surface area contributed by atoms with Gasteiger partial charge in [-0.1, -0.05) is 48.6 Å². The smallest absolute Gasteiger partial charge is 0.0616 e. The van der Waals surface area contributed by atoms with E-state index in [1.807, 2.05) is 18.6 Å².